The van der Waals surface area contributed by atoms with Crippen molar-refractivity contribution in [2.24, 2.45) is 5.92 Å². The minimum Gasteiger partial charge on any atom is -0.339 e. The normalized spacial score (nSPS) is 29.6. The maximum Gasteiger partial charge on any atom is 0.230 e. The topological polar surface area (TPSA) is 116 Å². The predicted octanol–water partition coefficient (Wildman–Crippen LogP) is 3.21. The Morgan fingerprint density at radius 3 is 2.71 bits per heavy atom. The summed E-state index contributed by atoms with van der Waals surface area (Å²) in [7, 11) is -3.44. The van der Waals surface area contributed by atoms with Crippen molar-refractivity contribution in [1.82, 2.24) is 29.6 Å². The van der Waals surface area contributed by atoms with Crippen LogP contribution in [0.2, 0.25) is 0 Å². The zero-order chi connectivity index (χ0) is 21.4. The third kappa shape index (κ3) is 4.45. The summed E-state index contributed by atoms with van der Waals surface area (Å²) in [5.41, 5.74) is 1.01. The summed E-state index contributed by atoms with van der Waals surface area (Å²) in [5.74, 6) is 1.72. The lowest BCUT2D eigenvalue weighted by Crippen LogP contribution is -2.46. The first-order chi connectivity index (χ1) is 15.0. The van der Waals surface area contributed by atoms with E-state index in [1.54, 1.807) is 12.7 Å². The number of sulfonamides is 1. The number of hydrogen-bond donors (Lipinski definition) is 1. The molecule has 3 aliphatic rings. The lowest BCUT2D eigenvalue weighted by atomic mass is 9.88. The Bertz CT molecular complexity index is 1030. The Morgan fingerprint density at radius 2 is 1.97 bits per heavy atom. The number of nitrogens with one attached hydrogen (secondary N) is 1. The molecular formula is C21H30N6O3S. The fraction of sp³-hybridized carbons (Fsp3) is 0.714. The van der Waals surface area contributed by atoms with Gasteiger partial charge in [0, 0.05) is 18.0 Å². The highest BCUT2D eigenvalue weighted by Gasteiger charge is 2.38. The minimum atomic E-state index is -3.44. The fourth-order valence-electron chi connectivity index (χ4n) is 5.03. The van der Waals surface area contributed by atoms with Gasteiger partial charge in [-0.2, -0.15) is 4.98 Å². The van der Waals surface area contributed by atoms with Crippen LogP contribution in [0.3, 0.4) is 0 Å². The number of rotatable bonds is 7. The molecule has 2 aromatic rings. The van der Waals surface area contributed by atoms with Gasteiger partial charge in [-0.05, 0) is 69.3 Å². The van der Waals surface area contributed by atoms with Gasteiger partial charge in [-0.25, -0.2) is 13.1 Å². The van der Waals surface area contributed by atoms with E-state index in [4.69, 9.17) is 4.52 Å². The smallest absolute Gasteiger partial charge is 0.230 e. The Morgan fingerprint density at radius 1 is 1.16 bits per heavy atom. The predicted molar refractivity (Wildman–Crippen MR) is 114 cm³/mol. The van der Waals surface area contributed by atoms with Crippen LogP contribution in [0.15, 0.2) is 23.3 Å². The first kappa shape index (κ1) is 20.8. The second-order valence-corrected chi connectivity index (χ2v) is 11.1. The SMILES string of the molecule is CCC1C=C(c2noc(C3CC3)n2)CCC1S(=O)(=O)N[C@H]1CCC[C@@H](n2cnnc2)C1. The zero-order valence-corrected chi connectivity index (χ0v) is 18.7. The van der Waals surface area contributed by atoms with Crippen molar-refractivity contribution in [2.45, 2.75) is 88.0 Å². The lowest BCUT2D eigenvalue weighted by Gasteiger charge is -2.34. The van der Waals surface area contributed by atoms with E-state index >= 15 is 0 Å². The molecule has 2 fully saturated rings. The number of hydrogen-bond acceptors (Lipinski definition) is 7. The third-order valence-corrected chi connectivity index (χ3v) is 9.00. The number of nitrogens with zero attached hydrogens (tertiary/aromatic N) is 5. The Balaban J connectivity index is 1.27. The molecule has 5 rings (SSSR count). The second-order valence-electron chi connectivity index (χ2n) is 9.16. The summed E-state index contributed by atoms with van der Waals surface area (Å²) in [6, 6.07) is 0.197. The van der Waals surface area contributed by atoms with E-state index in [2.05, 4.69) is 31.1 Å². The molecule has 2 saturated carbocycles. The van der Waals surface area contributed by atoms with Crippen LogP contribution < -0.4 is 4.72 Å². The van der Waals surface area contributed by atoms with E-state index in [9.17, 15) is 8.42 Å². The molecule has 10 heteroatoms. The summed E-state index contributed by atoms with van der Waals surface area (Å²) >= 11 is 0. The highest BCUT2D eigenvalue weighted by molar-refractivity contribution is 7.90. The standard InChI is InChI=1S/C21H30N6O3S/c1-2-14-10-16(20-24-21(30-25-20)15-6-7-15)8-9-19(14)31(28,29)26-17-4-3-5-18(11-17)27-12-22-23-13-27/h10,12-15,17-19,26H,2-9,11H2,1H3/t14?,17-,18+,19?/m0/s1. The molecule has 2 unspecified atom stereocenters. The molecule has 168 valence electrons. The van der Waals surface area contributed by atoms with Crippen molar-refractivity contribution in [3.63, 3.8) is 0 Å². The summed E-state index contributed by atoms with van der Waals surface area (Å²) in [6.45, 7) is 2.04. The molecule has 0 bridgehead atoms. The summed E-state index contributed by atoms with van der Waals surface area (Å²) < 4.78 is 37.1. The molecule has 0 amide bonds. The van der Waals surface area contributed by atoms with Crippen molar-refractivity contribution in [1.29, 1.82) is 0 Å². The molecule has 2 aromatic heterocycles. The maximum atomic E-state index is 13.3. The molecule has 9 nitrogen and oxygen atoms in total. The van der Waals surface area contributed by atoms with Gasteiger partial charge in [0.25, 0.3) is 0 Å². The van der Waals surface area contributed by atoms with Gasteiger partial charge in [0.05, 0.1) is 5.25 Å². The van der Waals surface area contributed by atoms with Crippen LogP contribution in [-0.2, 0) is 10.0 Å². The van der Waals surface area contributed by atoms with E-state index in [0.29, 0.717) is 24.6 Å². The molecule has 0 spiro atoms. The van der Waals surface area contributed by atoms with Crippen LogP contribution in [0, 0.1) is 5.92 Å². The van der Waals surface area contributed by atoms with E-state index in [1.165, 1.54) is 0 Å². The Labute approximate surface area is 182 Å². The summed E-state index contributed by atoms with van der Waals surface area (Å²) in [5, 5.41) is 11.5. The molecule has 0 saturated heterocycles. The van der Waals surface area contributed by atoms with E-state index in [1.807, 2.05) is 11.5 Å². The molecule has 3 aliphatic carbocycles. The molecule has 2 heterocycles. The van der Waals surface area contributed by atoms with Gasteiger partial charge in [0.1, 0.15) is 12.7 Å². The Kier molecular flexibility index (Phi) is 5.68. The van der Waals surface area contributed by atoms with E-state index < -0.39 is 15.3 Å². The minimum absolute atomic E-state index is 0.0488. The van der Waals surface area contributed by atoms with Crippen LogP contribution in [0.5, 0.6) is 0 Å². The van der Waals surface area contributed by atoms with Crippen molar-refractivity contribution in [2.75, 3.05) is 0 Å². The monoisotopic (exact) mass is 446 g/mol. The van der Waals surface area contributed by atoms with Crippen LogP contribution in [0.1, 0.15) is 88.4 Å². The molecule has 0 aromatic carbocycles. The van der Waals surface area contributed by atoms with Crippen LogP contribution in [0.4, 0.5) is 0 Å². The van der Waals surface area contributed by atoms with Crippen molar-refractivity contribution in [3.8, 4) is 0 Å². The highest BCUT2D eigenvalue weighted by atomic mass is 32.2. The van der Waals surface area contributed by atoms with Crippen molar-refractivity contribution < 1.29 is 12.9 Å². The summed E-state index contributed by atoms with van der Waals surface area (Å²) in [4.78, 5) is 4.55. The van der Waals surface area contributed by atoms with E-state index in [-0.39, 0.29) is 18.0 Å². The van der Waals surface area contributed by atoms with Crippen LogP contribution in [-0.4, -0.2) is 44.6 Å². The van der Waals surface area contributed by atoms with Gasteiger partial charge in [-0.15, -0.1) is 10.2 Å². The first-order valence-corrected chi connectivity index (χ1v) is 13.0. The fourth-order valence-corrected chi connectivity index (χ4v) is 7.05. The van der Waals surface area contributed by atoms with Gasteiger partial charge in [0.15, 0.2) is 5.82 Å². The molecule has 1 N–H and O–H groups in total. The van der Waals surface area contributed by atoms with Gasteiger partial charge in [-0.1, -0.05) is 18.2 Å². The molecule has 4 atom stereocenters. The first-order valence-electron chi connectivity index (χ1n) is 11.4. The van der Waals surface area contributed by atoms with Gasteiger partial charge < -0.3 is 9.09 Å². The Hall–Kier alpha value is -2.07. The molecule has 0 aliphatic heterocycles. The van der Waals surface area contributed by atoms with Gasteiger partial charge in [0.2, 0.25) is 15.9 Å². The van der Waals surface area contributed by atoms with E-state index in [0.717, 1.165) is 56.4 Å². The van der Waals surface area contributed by atoms with Gasteiger partial charge >= 0.3 is 0 Å². The number of aromatic nitrogens is 5. The second kappa shape index (κ2) is 8.46. The summed E-state index contributed by atoms with van der Waals surface area (Å²) in [6.07, 6.45) is 13.4. The lowest BCUT2D eigenvalue weighted by molar-refractivity contribution is 0.304. The quantitative estimate of drug-likeness (QED) is 0.694. The largest absolute Gasteiger partial charge is 0.339 e. The average Bonchev–Trinajstić information content (AvgIpc) is 3.27. The van der Waals surface area contributed by atoms with Gasteiger partial charge in [-0.3, -0.25) is 0 Å². The average molecular weight is 447 g/mol. The molecule has 0 radical (unpaired) electrons. The molecule has 31 heavy (non-hydrogen) atoms. The zero-order valence-electron chi connectivity index (χ0n) is 17.9. The third-order valence-electron chi connectivity index (χ3n) is 6.95. The van der Waals surface area contributed by atoms with Crippen LogP contribution in [0.25, 0.3) is 5.57 Å². The number of allylic oxidation sites excluding steroid dienone is 2. The van der Waals surface area contributed by atoms with Crippen molar-refractivity contribution >= 4 is 15.6 Å². The molecular weight excluding hydrogens is 416 g/mol. The highest BCUT2D eigenvalue weighted by Crippen LogP contribution is 2.40. The van der Waals surface area contributed by atoms with Crippen molar-refractivity contribution in [3.05, 3.63) is 30.4 Å². The maximum absolute atomic E-state index is 13.3. The van der Waals surface area contributed by atoms with Crippen LogP contribution >= 0.6 is 0 Å².